The molecule has 146 valence electrons. The summed E-state index contributed by atoms with van der Waals surface area (Å²) in [6, 6.07) is 17.5. The highest BCUT2D eigenvalue weighted by Crippen LogP contribution is 2.32. The van der Waals surface area contributed by atoms with Gasteiger partial charge in [-0.1, -0.05) is 48.5 Å². The summed E-state index contributed by atoms with van der Waals surface area (Å²) in [7, 11) is 0. The van der Waals surface area contributed by atoms with Crippen molar-refractivity contribution in [1.29, 1.82) is 0 Å². The van der Waals surface area contributed by atoms with Gasteiger partial charge in [0.05, 0.1) is 0 Å². The largest absolute Gasteiger partial charge is 0.481 e. The Kier molecular flexibility index (Phi) is 5.77. The lowest BCUT2D eigenvalue weighted by Gasteiger charge is -2.37. The van der Waals surface area contributed by atoms with E-state index in [0.29, 0.717) is 0 Å². The molecule has 4 nitrogen and oxygen atoms in total. The van der Waals surface area contributed by atoms with Gasteiger partial charge in [0, 0.05) is 43.9 Å². The van der Waals surface area contributed by atoms with Crippen LogP contribution in [0.25, 0.3) is 11.8 Å². The second-order valence-electron chi connectivity index (χ2n) is 7.74. The number of aliphatic carboxylic acids is 1. The van der Waals surface area contributed by atoms with Crippen LogP contribution in [-0.4, -0.2) is 53.6 Å². The molecule has 0 aromatic heterocycles. The molecule has 1 heterocycles. The number of nitrogens with zero attached hydrogens (tertiary/aromatic N) is 2. The van der Waals surface area contributed by atoms with E-state index in [9.17, 15) is 4.79 Å². The van der Waals surface area contributed by atoms with Crippen LogP contribution < -0.4 is 0 Å². The molecule has 2 aromatic rings. The van der Waals surface area contributed by atoms with Crippen molar-refractivity contribution < 1.29 is 9.90 Å². The molecule has 2 aromatic carbocycles. The summed E-state index contributed by atoms with van der Waals surface area (Å²) in [6.07, 6.45) is 5.36. The first kappa shape index (κ1) is 18.8. The fraction of sp³-hybridized carbons (Fsp3) is 0.375. The van der Waals surface area contributed by atoms with Crippen LogP contribution >= 0.6 is 0 Å². The molecule has 0 amide bonds. The number of hydrogen-bond acceptors (Lipinski definition) is 3. The van der Waals surface area contributed by atoms with Gasteiger partial charge in [0.25, 0.3) is 0 Å². The molecule has 0 spiro atoms. The van der Waals surface area contributed by atoms with Gasteiger partial charge in [0.2, 0.25) is 0 Å². The lowest BCUT2D eigenvalue weighted by atomic mass is 9.99. The van der Waals surface area contributed by atoms with Gasteiger partial charge in [-0.25, -0.2) is 0 Å². The highest BCUT2D eigenvalue weighted by molar-refractivity contribution is 5.84. The quantitative estimate of drug-likeness (QED) is 0.775. The first-order valence-corrected chi connectivity index (χ1v) is 10.3. The van der Waals surface area contributed by atoms with Crippen molar-refractivity contribution in [2.75, 3.05) is 32.7 Å². The normalized spacial score (nSPS) is 16.7. The van der Waals surface area contributed by atoms with E-state index < -0.39 is 5.97 Å². The third-order valence-corrected chi connectivity index (χ3v) is 5.85. The van der Waals surface area contributed by atoms with E-state index in [0.717, 1.165) is 52.0 Å². The second kappa shape index (κ2) is 8.61. The zero-order valence-corrected chi connectivity index (χ0v) is 16.3. The molecule has 2 aliphatic rings. The molecule has 4 heteroatoms. The van der Waals surface area contributed by atoms with Crippen LogP contribution in [-0.2, 0) is 11.2 Å². The number of carboxylic acid groups (broad SMARTS) is 1. The summed E-state index contributed by atoms with van der Waals surface area (Å²) < 4.78 is 0. The van der Waals surface area contributed by atoms with Gasteiger partial charge < -0.3 is 10.0 Å². The van der Waals surface area contributed by atoms with Crippen molar-refractivity contribution >= 4 is 17.7 Å². The van der Waals surface area contributed by atoms with Crippen molar-refractivity contribution in [2.24, 2.45) is 0 Å². The summed E-state index contributed by atoms with van der Waals surface area (Å²) in [5.74, 6) is -0.691. The Hall–Kier alpha value is -2.59. The Morgan fingerprint density at radius 3 is 2.39 bits per heavy atom. The maximum Gasteiger partial charge on any atom is 0.303 e. The molecule has 28 heavy (non-hydrogen) atoms. The first-order valence-electron chi connectivity index (χ1n) is 10.3. The molecule has 1 fully saturated rings. The Balaban J connectivity index is 1.47. The Bertz CT molecular complexity index is 866. The molecule has 4 rings (SSSR count). The van der Waals surface area contributed by atoms with E-state index in [4.69, 9.17) is 5.11 Å². The average Bonchev–Trinajstić information content (AvgIpc) is 2.88. The fourth-order valence-electron chi connectivity index (χ4n) is 4.28. The molecule has 0 unspecified atom stereocenters. The van der Waals surface area contributed by atoms with E-state index >= 15 is 0 Å². The molecule has 1 saturated heterocycles. The van der Waals surface area contributed by atoms with Gasteiger partial charge in [-0.2, -0.15) is 0 Å². The number of benzene rings is 2. The number of fused-ring (bicyclic) bond motifs is 2. The fourth-order valence-corrected chi connectivity index (χ4v) is 4.28. The molecule has 0 saturated carbocycles. The zero-order valence-electron chi connectivity index (χ0n) is 16.3. The summed E-state index contributed by atoms with van der Waals surface area (Å²) in [6.45, 7) is 5.10. The van der Waals surface area contributed by atoms with Gasteiger partial charge in [-0.15, -0.1) is 0 Å². The van der Waals surface area contributed by atoms with Crippen LogP contribution in [0.3, 0.4) is 0 Å². The average molecular weight is 377 g/mol. The summed E-state index contributed by atoms with van der Waals surface area (Å²) in [5.41, 5.74) is 6.81. The highest BCUT2D eigenvalue weighted by Gasteiger charge is 2.23. The molecule has 1 aliphatic carbocycles. The lowest BCUT2D eigenvalue weighted by Crippen LogP contribution is -2.45. The molecular formula is C24H28N2O2. The van der Waals surface area contributed by atoms with Crippen molar-refractivity contribution in [3.8, 4) is 0 Å². The van der Waals surface area contributed by atoms with Crippen LogP contribution in [0.5, 0.6) is 0 Å². The topological polar surface area (TPSA) is 43.8 Å². The van der Waals surface area contributed by atoms with E-state index in [1.165, 1.54) is 28.0 Å². The maximum atomic E-state index is 10.7. The Labute approximate surface area is 167 Å². The molecule has 0 bridgehead atoms. The minimum absolute atomic E-state index is 0.281. The number of carboxylic acids is 1. The number of piperazine rings is 1. The maximum absolute atomic E-state index is 10.7. The number of rotatable bonds is 6. The highest BCUT2D eigenvalue weighted by atomic mass is 16.4. The monoisotopic (exact) mass is 376 g/mol. The van der Waals surface area contributed by atoms with E-state index in [1.807, 2.05) is 0 Å². The number of hydrogen-bond donors (Lipinski definition) is 1. The third-order valence-electron chi connectivity index (χ3n) is 5.85. The summed E-state index contributed by atoms with van der Waals surface area (Å²) in [5, 5.41) is 8.78. The van der Waals surface area contributed by atoms with Gasteiger partial charge in [-0.05, 0) is 48.6 Å². The zero-order chi connectivity index (χ0) is 19.3. The minimum atomic E-state index is -0.691. The van der Waals surface area contributed by atoms with Crippen LogP contribution in [0.1, 0.15) is 41.5 Å². The van der Waals surface area contributed by atoms with Crippen molar-refractivity contribution in [2.45, 2.75) is 25.7 Å². The predicted octanol–water partition coefficient (Wildman–Crippen LogP) is 3.96. The van der Waals surface area contributed by atoms with Gasteiger partial charge in [-0.3, -0.25) is 9.69 Å². The SMILES string of the molecule is O=C(O)CCCCN1CCN(C2=Cc3ccccc3Cc3ccccc32)CC1. The van der Waals surface area contributed by atoms with Crippen LogP contribution in [0.15, 0.2) is 48.5 Å². The van der Waals surface area contributed by atoms with Crippen molar-refractivity contribution in [1.82, 2.24) is 9.80 Å². The third kappa shape index (κ3) is 4.28. The van der Waals surface area contributed by atoms with E-state index in [-0.39, 0.29) is 6.42 Å². The smallest absolute Gasteiger partial charge is 0.303 e. The van der Waals surface area contributed by atoms with Gasteiger partial charge in [0.15, 0.2) is 0 Å². The predicted molar refractivity (Wildman–Crippen MR) is 113 cm³/mol. The van der Waals surface area contributed by atoms with Gasteiger partial charge in [0.1, 0.15) is 0 Å². The molecular weight excluding hydrogens is 348 g/mol. The molecule has 1 N–H and O–H groups in total. The van der Waals surface area contributed by atoms with Crippen LogP contribution in [0.2, 0.25) is 0 Å². The van der Waals surface area contributed by atoms with Crippen LogP contribution in [0, 0.1) is 0 Å². The molecule has 1 aliphatic heterocycles. The van der Waals surface area contributed by atoms with E-state index in [2.05, 4.69) is 64.4 Å². The Morgan fingerprint density at radius 2 is 1.61 bits per heavy atom. The van der Waals surface area contributed by atoms with Gasteiger partial charge >= 0.3 is 5.97 Å². The van der Waals surface area contributed by atoms with Crippen molar-refractivity contribution in [3.63, 3.8) is 0 Å². The van der Waals surface area contributed by atoms with Crippen molar-refractivity contribution in [3.05, 3.63) is 70.8 Å². The lowest BCUT2D eigenvalue weighted by molar-refractivity contribution is -0.137. The van der Waals surface area contributed by atoms with Crippen LogP contribution in [0.4, 0.5) is 0 Å². The summed E-state index contributed by atoms with van der Waals surface area (Å²) >= 11 is 0. The van der Waals surface area contributed by atoms with E-state index in [1.54, 1.807) is 0 Å². The second-order valence-corrected chi connectivity index (χ2v) is 7.74. The Morgan fingerprint density at radius 1 is 0.893 bits per heavy atom. The molecule has 0 radical (unpaired) electrons. The summed E-state index contributed by atoms with van der Waals surface area (Å²) in [4.78, 5) is 15.6. The number of unbranched alkanes of at least 4 members (excludes halogenated alkanes) is 1. The minimum Gasteiger partial charge on any atom is -0.481 e. The first-order chi connectivity index (χ1) is 13.7. The standard InChI is InChI=1S/C24H28N2O2/c27-24(28)11-5-6-12-25-13-15-26(16-14-25)23-18-20-8-2-1-7-19(20)17-21-9-3-4-10-22(21)23/h1-4,7-10,18H,5-6,11-17H2,(H,27,28). The molecule has 0 atom stereocenters. The number of carbonyl (C=O) groups is 1.